The zero-order valence-corrected chi connectivity index (χ0v) is 11.4. The molecule has 1 aliphatic carbocycles. The number of fused-ring (bicyclic) bond motifs is 4. The molecule has 0 aliphatic heterocycles. The third-order valence-electron chi connectivity index (χ3n) is 4.49. The van der Waals surface area contributed by atoms with Gasteiger partial charge >= 0.3 is 0 Å². The van der Waals surface area contributed by atoms with Crippen LogP contribution in [0.4, 0.5) is 5.69 Å². The molecule has 4 aromatic carbocycles. The summed E-state index contributed by atoms with van der Waals surface area (Å²) < 4.78 is 0. The lowest BCUT2D eigenvalue weighted by molar-refractivity contribution is 1.71. The van der Waals surface area contributed by atoms with Crippen molar-refractivity contribution in [3.63, 3.8) is 0 Å². The molecule has 1 nitrogen and oxygen atoms in total. The summed E-state index contributed by atoms with van der Waals surface area (Å²) >= 11 is 0. The first-order valence-corrected chi connectivity index (χ1v) is 7.17. The van der Waals surface area contributed by atoms with Gasteiger partial charge in [0.05, 0.1) is 0 Å². The molecule has 1 aliphatic rings. The molecule has 0 amide bonds. The molecule has 0 saturated carbocycles. The van der Waals surface area contributed by atoms with Gasteiger partial charge in [0.15, 0.2) is 0 Å². The van der Waals surface area contributed by atoms with Gasteiger partial charge in [-0.1, -0.05) is 42.5 Å². The molecule has 0 aromatic heterocycles. The highest BCUT2D eigenvalue weighted by Crippen LogP contribution is 2.48. The first-order valence-electron chi connectivity index (χ1n) is 7.17. The molecule has 0 fully saturated rings. The van der Waals surface area contributed by atoms with Gasteiger partial charge in [-0.15, -0.1) is 0 Å². The number of benzene rings is 4. The summed E-state index contributed by atoms with van der Waals surface area (Å²) in [7, 11) is 0. The van der Waals surface area contributed by atoms with Crippen LogP contribution in [0.15, 0.2) is 66.7 Å². The van der Waals surface area contributed by atoms with Gasteiger partial charge in [0.25, 0.3) is 0 Å². The molecule has 0 saturated heterocycles. The lowest BCUT2D eigenvalue weighted by Gasteiger charge is -2.06. The molecule has 21 heavy (non-hydrogen) atoms. The highest BCUT2D eigenvalue weighted by atomic mass is 14.5. The number of nitrogens with two attached hydrogens (primary N) is 1. The summed E-state index contributed by atoms with van der Waals surface area (Å²) in [6, 6.07) is 23.8. The topological polar surface area (TPSA) is 26.0 Å². The Kier molecular flexibility index (Phi) is 1.90. The van der Waals surface area contributed by atoms with Crippen molar-refractivity contribution in [1.29, 1.82) is 0 Å². The quantitative estimate of drug-likeness (QED) is 0.382. The second-order valence-corrected chi connectivity index (χ2v) is 5.71. The Morgan fingerprint density at radius 1 is 0.524 bits per heavy atom. The Hall–Kier alpha value is -2.80. The summed E-state index contributed by atoms with van der Waals surface area (Å²) in [5.41, 5.74) is 12.1. The molecular formula is C20H13N. The highest BCUT2D eigenvalue weighted by molar-refractivity contribution is 6.17. The van der Waals surface area contributed by atoms with Crippen molar-refractivity contribution in [2.45, 2.75) is 0 Å². The van der Waals surface area contributed by atoms with Gasteiger partial charge in [-0.3, -0.25) is 0 Å². The van der Waals surface area contributed by atoms with Crippen LogP contribution < -0.4 is 5.73 Å². The molecule has 98 valence electrons. The van der Waals surface area contributed by atoms with Crippen molar-refractivity contribution in [3.8, 4) is 22.3 Å². The summed E-state index contributed by atoms with van der Waals surface area (Å²) in [4.78, 5) is 0. The van der Waals surface area contributed by atoms with Crippen molar-refractivity contribution >= 4 is 27.2 Å². The molecule has 0 atom stereocenters. The van der Waals surface area contributed by atoms with E-state index in [-0.39, 0.29) is 0 Å². The first kappa shape index (κ1) is 10.9. The molecule has 0 spiro atoms. The van der Waals surface area contributed by atoms with E-state index in [1.807, 2.05) is 6.07 Å². The minimum atomic E-state index is 0.816. The van der Waals surface area contributed by atoms with Gasteiger partial charge in [0.2, 0.25) is 0 Å². The predicted octanol–water partition coefficient (Wildman–Crippen LogP) is 5.22. The Labute approximate surface area is 122 Å². The normalized spacial score (nSPS) is 12.0. The average Bonchev–Trinajstić information content (AvgIpc) is 2.82. The molecule has 0 unspecified atom stereocenters. The molecule has 1 heteroatoms. The zero-order chi connectivity index (χ0) is 14.0. The molecule has 4 aromatic rings. The van der Waals surface area contributed by atoms with Crippen LogP contribution in [0.25, 0.3) is 43.8 Å². The lowest BCUT2D eigenvalue weighted by atomic mass is 9.99. The fraction of sp³-hybridized carbons (Fsp3) is 0. The third kappa shape index (κ3) is 1.35. The van der Waals surface area contributed by atoms with Crippen LogP contribution in [0.5, 0.6) is 0 Å². The molecule has 5 rings (SSSR count). The fourth-order valence-corrected chi connectivity index (χ4v) is 3.55. The number of nitrogen functional groups attached to an aromatic ring is 1. The monoisotopic (exact) mass is 267 g/mol. The molecule has 0 radical (unpaired) electrons. The van der Waals surface area contributed by atoms with E-state index in [1.165, 1.54) is 43.8 Å². The summed E-state index contributed by atoms with van der Waals surface area (Å²) in [6.07, 6.45) is 0. The van der Waals surface area contributed by atoms with Gasteiger partial charge in [-0.05, 0) is 68.1 Å². The third-order valence-corrected chi connectivity index (χ3v) is 4.49. The SMILES string of the molecule is Nc1ccc2cc3c(cc2c1)-c1cccc2cccc-3c12. The Morgan fingerprint density at radius 3 is 1.90 bits per heavy atom. The fourth-order valence-electron chi connectivity index (χ4n) is 3.55. The van der Waals surface area contributed by atoms with Crippen molar-refractivity contribution in [2.24, 2.45) is 0 Å². The van der Waals surface area contributed by atoms with Crippen molar-refractivity contribution < 1.29 is 0 Å². The van der Waals surface area contributed by atoms with Gasteiger partial charge in [-0.2, -0.15) is 0 Å². The van der Waals surface area contributed by atoms with Crippen LogP contribution >= 0.6 is 0 Å². The molecule has 0 bridgehead atoms. The number of hydrogen-bond donors (Lipinski definition) is 1. The van der Waals surface area contributed by atoms with E-state index in [0.717, 1.165) is 5.69 Å². The predicted molar refractivity (Wildman–Crippen MR) is 90.3 cm³/mol. The zero-order valence-electron chi connectivity index (χ0n) is 11.4. The number of hydrogen-bond acceptors (Lipinski definition) is 1. The van der Waals surface area contributed by atoms with E-state index < -0.39 is 0 Å². The van der Waals surface area contributed by atoms with Gasteiger partial charge in [-0.25, -0.2) is 0 Å². The second-order valence-electron chi connectivity index (χ2n) is 5.71. The van der Waals surface area contributed by atoms with Crippen molar-refractivity contribution in [1.82, 2.24) is 0 Å². The Bertz CT molecular complexity index is 1040. The van der Waals surface area contributed by atoms with Gasteiger partial charge in [0, 0.05) is 5.69 Å². The minimum Gasteiger partial charge on any atom is -0.399 e. The first-order chi connectivity index (χ1) is 10.3. The summed E-state index contributed by atoms with van der Waals surface area (Å²) in [5, 5.41) is 5.13. The molecule has 0 heterocycles. The molecular weight excluding hydrogens is 254 g/mol. The second kappa shape index (κ2) is 3.64. The van der Waals surface area contributed by atoms with E-state index in [4.69, 9.17) is 5.73 Å². The van der Waals surface area contributed by atoms with E-state index >= 15 is 0 Å². The van der Waals surface area contributed by atoms with E-state index in [9.17, 15) is 0 Å². The number of anilines is 1. The van der Waals surface area contributed by atoms with Crippen LogP contribution in [0.1, 0.15) is 0 Å². The smallest absolute Gasteiger partial charge is 0.0320 e. The maximum Gasteiger partial charge on any atom is 0.0320 e. The highest BCUT2D eigenvalue weighted by Gasteiger charge is 2.21. The van der Waals surface area contributed by atoms with Crippen LogP contribution in [0.2, 0.25) is 0 Å². The van der Waals surface area contributed by atoms with Gasteiger partial charge < -0.3 is 5.73 Å². The van der Waals surface area contributed by atoms with E-state index in [2.05, 4.69) is 60.7 Å². The lowest BCUT2D eigenvalue weighted by Crippen LogP contribution is -1.85. The summed E-state index contributed by atoms with van der Waals surface area (Å²) in [6.45, 7) is 0. The average molecular weight is 267 g/mol. The van der Waals surface area contributed by atoms with Crippen LogP contribution in [0.3, 0.4) is 0 Å². The van der Waals surface area contributed by atoms with Gasteiger partial charge in [0.1, 0.15) is 0 Å². The number of rotatable bonds is 0. The maximum atomic E-state index is 5.93. The van der Waals surface area contributed by atoms with E-state index in [1.54, 1.807) is 0 Å². The standard InChI is InChI=1S/C20H13N/c21-15-8-7-13-10-18-16-5-1-3-12-4-2-6-17(20(12)16)19(18)11-14(13)9-15/h1-11H,21H2. The largest absolute Gasteiger partial charge is 0.399 e. The maximum absolute atomic E-state index is 5.93. The van der Waals surface area contributed by atoms with Crippen LogP contribution in [-0.2, 0) is 0 Å². The van der Waals surface area contributed by atoms with Crippen LogP contribution in [-0.4, -0.2) is 0 Å². The van der Waals surface area contributed by atoms with Crippen molar-refractivity contribution in [3.05, 3.63) is 66.7 Å². The Morgan fingerprint density at radius 2 is 1.19 bits per heavy atom. The Balaban J connectivity index is 1.98. The van der Waals surface area contributed by atoms with Crippen LogP contribution in [0, 0.1) is 0 Å². The summed E-state index contributed by atoms with van der Waals surface area (Å²) in [5.74, 6) is 0. The molecule has 2 N–H and O–H groups in total. The minimum absolute atomic E-state index is 0.816. The van der Waals surface area contributed by atoms with E-state index in [0.29, 0.717) is 0 Å². The van der Waals surface area contributed by atoms with Crippen molar-refractivity contribution in [2.75, 3.05) is 5.73 Å².